The van der Waals surface area contributed by atoms with Crippen molar-refractivity contribution in [2.24, 2.45) is 11.1 Å². The van der Waals surface area contributed by atoms with Gasteiger partial charge in [0.05, 0.1) is 6.61 Å². The average molecular weight is 305 g/mol. The number of benzene rings is 1. The zero-order valence-corrected chi connectivity index (χ0v) is 12.9. The summed E-state index contributed by atoms with van der Waals surface area (Å²) in [4.78, 5) is 24.4. The minimum Gasteiger partial charge on any atom is -0.480 e. The summed E-state index contributed by atoms with van der Waals surface area (Å²) in [6.45, 7) is 2.09. The van der Waals surface area contributed by atoms with Gasteiger partial charge in [0.15, 0.2) is 5.41 Å². The SMILES string of the molecule is CCCOC(=O)C1(C(=O)O)CCCC1(N)Cc1ccccc1. The number of hydrogen-bond donors (Lipinski definition) is 2. The topological polar surface area (TPSA) is 89.6 Å². The van der Waals surface area contributed by atoms with Crippen LogP contribution in [0, 0.1) is 5.41 Å². The second-order valence-corrected chi connectivity index (χ2v) is 6.02. The van der Waals surface area contributed by atoms with Gasteiger partial charge in [-0.1, -0.05) is 37.3 Å². The highest BCUT2D eigenvalue weighted by atomic mass is 16.5. The molecule has 120 valence electrons. The molecule has 0 saturated heterocycles. The molecule has 2 atom stereocenters. The van der Waals surface area contributed by atoms with Gasteiger partial charge in [0, 0.05) is 5.54 Å². The maximum absolute atomic E-state index is 12.5. The number of carbonyl (C=O) groups is 2. The van der Waals surface area contributed by atoms with Crippen LogP contribution in [-0.2, 0) is 20.7 Å². The molecule has 0 radical (unpaired) electrons. The lowest BCUT2D eigenvalue weighted by atomic mass is 9.69. The molecule has 0 aliphatic heterocycles. The monoisotopic (exact) mass is 305 g/mol. The van der Waals surface area contributed by atoms with Crippen LogP contribution in [-0.4, -0.2) is 29.2 Å². The Morgan fingerprint density at radius 1 is 1.27 bits per heavy atom. The standard InChI is InChI=1S/C17H23NO4/c1-2-11-22-15(21)17(14(19)20)10-6-9-16(17,18)12-13-7-4-3-5-8-13/h3-5,7-8H,2,6,9-12,18H2,1H3,(H,19,20). The molecule has 2 unspecified atom stereocenters. The first-order valence-corrected chi connectivity index (χ1v) is 7.70. The fourth-order valence-electron chi connectivity index (χ4n) is 3.36. The number of carbonyl (C=O) groups excluding carboxylic acids is 1. The summed E-state index contributed by atoms with van der Waals surface area (Å²) in [7, 11) is 0. The van der Waals surface area contributed by atoms with E-state index < -0.39 is 22.9 Å². The first-order valence-electron chi connectivity index (χ1n) is 7.70. The Morgan fingerprint density at radius 2 is 1.95 bits per heavy atom. The van der Waals surface area contributed by atoms with Crippen molar-refractivity contribution >= 4 is 11.9 Å². The summed E-state index contributed by atoms with van der Waals surface area (Å²) < 4.78 is 5.17. The summed E-state index contributed by atoms with van der Waals surface area (Å²) in [5.41, 5.74) is 4.62. The van der Waals surface area contributed by atoms with Crippen LogP contribution >= 0.6 is 0 Å². The van der Waals surface area contributed by atoms with Crippen molar-refractivity contribution in [3.05, 3.63) is 35.9 Å². The lowest BCUT2D eigenvalue weighted by Gasteiger charge is -2.38. The smallest absolute Gasteiger partial charge is 0.325 e. The van der Waals surface area contributed by atoms with Crippen LogP contribution in [0.1, 0.15) is 38.2 Å². The highest BCUT2D eigenvalue weighted by Gasteiger charge is 2.63. The zero-order chi connectivity index (χ0) is 16.2. The molecule has 0 heterocycles. The molecule has 0 spiro atoms. The van der Waals surface area contributed by atoms with Crippen molar-refractivity contribution in [1.29, 1.82) is 0 Å². The molecule has 3 N–H and O–H groups in total. The van der Waals surface area contributed by atoms with E-state index in [4.69, 9.17) is 10.5 Å². The maximum Gasteiger partial charge on any atom is 0.325 e. The van der Waals surface area contributed by atoms with Gasteiger partial charge in [-0.05, 0) is 37.7 Å². The first-order chi connectivity index (χ1) is 10.5. The lowest BCUT2D eigenvalue weighted by Crippen LogP contribution is -2.61. The van der Waals surface area contributed by atoms with Crippen molar-refractivity contribution < 1.29 is 19.4 Å². The van der Waals surface area contributed by atoms with Crippen LogP contribution in [0.25, 0.3) is 0 Å². The van der Waals surface area contributed by atoms with Crippen molar-refractivity contribution in [2.45, 2.75) is 44.6 Å². The van der Waals surface area contributed by atoms with Gasteiger partial charge in [0.2, 0.25) is 0 Å². The third kappa shape index (κ3) is 2.73. The minimum absolute atomic E-state index is 0.218. The van der Waals surface area contributed by atoms with E-state index in [1.807, 2.05) is 37.3 Å². The van der Waals surface area contributed by atoms with Crippen molar-refractivity contribution in [3.63, 3.8) is 0 Å². The highest BCUT2D eigenvalue weighted by Crippen LogP contribution is 2.48. The molecule has 1 fully saturated rings. The molecular formula is C17H23NO4. The van der Waals surface area contributed by atoms with Gasteiger partial charge in [-0.15, -0.1) is 0 Å². The molecule has 1 aromatic carbocycles. The van der Waals surface area contributed by atoms with Crippen LogP contribution in [0.15, 0.2) is 30.3 Å². The zero-order valence-electron chi connectivity index (χ0n) is 12.9. The van der Waals surface area contributed by atoms with E-state index in [9.17, 15) is 14.7 Å². The van der Waals surface area contributed by atoms with Crippen molar-refractivity contribution in [1.82, 2.24) is 0 Å². The molecule has 0 aromatic heterocycles. The van der Waals surface area contributed by atoms with Gasteiger partial charge in [-0.25, -0.2) is 0 Å². The predicted molar refractivity (Wildman–Crippen MR) is 82.2 cm³/mol. The maximum atomic E-state index is 12.5. The highest BCUT2D eigenvalue weighted by molar-refractivity contribution is 6.01. The van der Waals surface area contributed by atoms with E-state index in [0.717, 1.165) is 5.56 Å². The Morgan fingerprint density at radius 3 is 2.55 bits per heavy atom. The van der Waals surface area contributed by atoms with Crippen LogP contribution in [0.5, 0.6) is 0 Å². The van der Waals surface area contributed by atoms with Crippen LogP contribution in [0.4, 0.5) is 0 Å². The second-order valence-electron chi connectivity index (χ2n) is 6.02. The molecule has 5 nitrogen and oxygen atoms in total. The molecule has 1 aromatic rings. The fraction of sp³-hybridized carbons (Fsp3) is 0.529. The number of rotatable bonds is 6. The van der Waals surface area contributed by atoms with E-state index in [-0.39, 0.29) is 13.0 Å². The van der Waals surface area contributed by atoms with Crippen molar-refractivity contribution in [3.8, 4) is 0 Å². The van der Waals surface area contributed by atoms with Gasteiger partial charge in [0.25, 0.3) is 0 Å². The van der Waals surface area contributed by atoms with Crippen LogP contribution < -0.4 is 5.73 Å². The molecule has 22 heavy (non-hydrogen) atoms. The number of hydrogen-bond acceptors (Lipinski definition) is 4. The van der Waals surface area contributed by atoms with Crippen LogP contribution in [0.2, 0.25) is 0 Å². The van der Waals surface area contributed by atoms with Gasteiger partial charge in [-0.2, -0.15) is 0 Å². The normalized spacial score (nSPS) is 27.5. The van der Waals surface area contributed by atoms with E-state index in [0.29, 0.717) is 25.7 Å². The summed E-state index contributed by atoms with van der Waals surface area (Å²) in [6, 6.07) is 9.45. The number of ether oxygens (including phenoxy) is 1. The quantitative estimate of drug-likeness (QED) is 0.621. The Hall–Kier alpha value is -1.88. The second kappa shape index (κ2) is 6.48. The largest absolute Gasteiger partial charge is 0.480 e. The van der Waals surface area contributed by atoms with Crippen molar-refractivity contribution in [2.75, 3.05) is 6.61 Å². The Kier molecular flexibility index (Phi) is 4.86. The van der Waals surface area contributed by atoms with E-state index >= 15 is 0 Å². The number of carboxylic acids is 1. The van der Waals surface area contributed by atoms with E-state index in [1.165, 1.54) is 0 Å². The Bertz CT molecular complexity index is 545. The third-order valence-electron chi connectivity index (χ3n) is 4.54. The molecule has 5 heteroatoms. The minimum atomic E-state index is -1.65. The fourth-order valence-corrected chi connectivity index (χ4v) is 3.36. The number of aliphatic carboxylic acids is 1. The predicted octanol–water partition coefficient (Wildman–Crippen LogP) is 2.13. The molecule has 1 saturated carbocycles. The molecular weight excluding hydrogens is 282 g/mol. The van der Waals surface area contributed by atoms with Gasteiger partial charge in [-0.3, -0.25) is 9.59 Å². The Balaban J connectivity index is 2.34. The number of carboxylic acid groups (broad SMARTS) is 1. The molecule has 0 amide bonds. The molecule has 0 bridgehead atoms. The molecule has 1 aliphatic carbocycles. The summed E-state index contributed by atoms with van der Waals surface area (Å²) in [5, 5.41) is 9.77. The number of esters is 1. The lowest BCUT2D eigenvalue weighted by molar-refractivity contribution is -0.173. The van der Waals surface area contributed by atoms with Gasteiger partial charge < -0.3 is 15.6 Å². The van der Waals surface area contributed by atoms with Gasteiger partial charge in [0.1, 0.15) is 0 Å². The van der Waals surface area contributed by atoms with E-state index in [2.05, 4.69) is 0 Å². The number of nitrogens with two attached hydrogens (primary N) is 1. The Labute approximate surface area is 130 Å². The van der Waals surface area contributed by atoms with E-state index in [1.54, 1.807) is 0 Å². The first kappa shape index (κ1) is 16.5. The third-order valence-corrected chi connectivity index (χ3v) is 4.54. The van der Waals surface area contributed by atoms with Gasteiger partial charge >= 0.3 is 11.9 Å². The molecule has 1 aliphatic rings. The summed E-state index contributed by atoms with van der Waals surface area (Å²) >= 11 is 0. The summed E-state index contributed by atoms with van der Waals surface area (Å²) in [6.07, 6.45) is 2.33. The summed E-state index contributed by atoms with van der Waals surface area (Å²) in [5.74, 6) is -1.87. The average Bonchev–Trinajstić information content (AvgIpc) is 2.83. The molecule has 2 rings (SSSR count). The van der Waals surface area contributed by atoms with Crippen LogP contribution in [0.3, 0.4) is 0 Å².